The molecule has 1 aromatic heterocycles. The largest absolute Gasteiger partial charge is 0.394 e. The SMILES string of the molecule is Cc1[nH]c(=O)ccc1C(C)(N)CO. The zero-order chi connectivity index (χ0) is 10.1. The van der Waals surface area contributed by atoms with Crippen LogP contribution in [0.2, 0.25) is 0 Å². The number of aromatic nitrogens is 1. The Bertz CT molecular complexity index is 355. The minimum Gasteiger partial charge on any atom is -0.394 e. The molecule has 13 heavy (non-hydrogen) atoms. The zero-order valence-corrected chi connectivity index (χ0v) is 7.79. The molecule has 0 amide bonds. The van der Waals surface area contributed by atoms with E-state index in [1.807, 2.05) is 0 Å². The van der Waals surface area contributed by atoms with Gasteiger partial charge in [-0.05, 0) is 25.5 Å². The first-order valence-corrected chi connectivity index (χ1v) is 4.07. The van der Waals surface area contributed by atoms with Crippen molar-refractivity contribution in [3.63, 3.8) is 0 Å². The van der Waals surface area contributed by atoms with Gasteiger partial charge in [-0.3, -0.25) is 4.79 Å². The van der Waals surface area contributed by atoms with Crippen molar-refractivity contribution in [3.8, 4) is 0 Å². The molecule has 0 aliphatic carbocycles. The summed E-state index contributed by atoms with van der Waals surface area (Å²) < 4.78 is 0. The summed E-state index contributed by atoms with van der Waals surface area (Å²) in [5, 5.41) is 9.02. The number of aliphatic hydroxyl groups is 1. The first-order chi connectivity index (χ1) is 5.97. The summed E-state index contributed by atoms with van der Waals surface area (Å²) in [5.41, 5.74) is 6.32. The molecule has 72 valence electrons. The van der Waals surface area contributed by atoms with Gasteiger partial charge in [0, 0.05) is 11.8 Å². The Hall–Kier alpha value is -1.13. The van der Waals surface area contributed by atoms with Crippen LogP contribution in [0.15, 0.2) is 16.9 Å². The molecule has 1 heterocycles. The van der Waals surface area contributed by atoms with E-state index in [0.29, 0.717) is 5.69 Å². The summed E-state index contributed by atoms with van der Waals surface area (Å²) in [6.45, 7) is 3.32. The molecule has 1 rings (SSSR count). The predicted octanol–water partition coefficient (Wildman–Crippen LogP) is -0.150. The maximum atomic E-state index is 10.9. The van der Waals surface area contributed by atoms with E-state index >= 15 is 0 Å². The third kappa shape index (κ3) is 1.96. The Labute approximate surface area is 76.4 Å². The average Bonchev–Trinajstić information content (AvgIpc) is 2.03. The number of nitrogens with one attached hydrogen (secondary N) is 1. The predicted molar refractivity (Wildman–Crippen MR) is 50.4 cm³/mol. The maximum absolute atomic E-state index is 10.9. The molecule has 0 saturated heterocycles. The molecule has 0 fully saturated rings. The van der Waals surface area contributed by atoms with Crippen molar-refractivity contribution in [1.82, 2.24) is 4.98 Å². The van der Waals surface area contributed by atoms with Gasteiger partial charge in [0.15, 0.2) is 0 Å². The molecule has 0 radical (unpaired) electrons. The van der Waals surface area contributed by atoms with Crippen molar-refractivity contribution in [2.45, 2.75) is 19.4 Å². The minimum absolute atomic E-state index is 0.153. The first kappa shape index (κ1) is 9.95. The number of hydrogen-bond acceptors (Lipinski definition) is 3. The number of nitrogens with two attached hydrogens (primary N) is 1. The van der Waals surface area contributed by atoms with Crippen molar-refractivity contribution in [2.75, 3.05) is 6.61 Å². The van der Waals surface area contributed by atoms with E-state index in [2.05, 4.69) is 4.98 Å². The number of aliphatic hydroxyl groups excluding tert-OH is 1. The molecular formula is C9H14N2O2. The lowest BCUT2D eigenvalue weighted by atomic mass is 9.93. The van der Waals surface area contributed by atoms with Crippen LogP contribution in [0, 0.1) is 6.92 Å². The van der Waals surface area contributed by atoms with E-state index in [1.165, 1.54) is 6.07 Å². The lowest BCUT2D eigenvalue weighted by Gasteiger charge is -2.23. The molecular weight excluding hydrogens is 168 g/mol. The second-order valence-corrected chi connectivity index (χ2v) is 3.44. The summed E-state index contributed by atoms with van der Waals surface area (Å²) in [5.74, 6) is 0. The first-order valence-electron chi connectivity index (χ1n) is 4.07. The van der Waals surface area contributed by atoms with Crippen molar-refractivity contribution < 1.29 is 5.11 Å². The lowest BCUT2D eigenvalue weighted by Crippen LogP contribution is -2.38. The number of rotatable bonds is 2. The third-order valence-electron chi connectivity index (χ3n) is 2.06. The van der Waals surface area contributed by atoms with Gasteiger partial charge in [0.1, 0.15) is 0 Å². The molecule has 0 spiro atoms. The Morgan fingerprint density at radius 3 is 2.69 bits per heavy atom. The summed E-state index contributed by atoms with van der Waals surface area (Å²) in [6, 6.07) is 3.05. The highest BCUT2D eigenvalue weighted by atomic mass is 16.3. The van der Waals surface area contributed by atoms with Gasteiger partial charge in [0.2, 0.25) is 5.56 Å². The number of H-pyrrole nitrogens is 1. The summed E-state index contributed by atoms with van der Waals surface area (Å²) >= 11 is 0. The lowest BCUT2D eigenvalue weighted by molar-refractivity contribution is 0.209. The van der Waals surface area contributed by atoms with Crippen LogP contribution in [0.5, 0.6) is 0 Å². The summed E-state index contributed by atoms with van der Waals surface area (Å²) in [7, 11) is 0. The van der Waals surface area contributed by atoms with Gasteiger partial charge < -0.3 is 15.8 Å². The molecule has 1 unspecified atom stereocenters. The highest BCUT2D eigenvalue weighted by molar-refractivity contribution is 5.26. The van der Waals surface area contributed by atoms with Crippen LogP contribution in [0.4, 0.5) is 0 Å². The molecule has 0 aromatic carbocycles. The van der Waals surface area contributed by atoms with Crippen LogP contribution in [0.3, 0.4) is 0 Å². The average molecular weight is 182 g/mol. The minimum atomic E-state index is -0.797. The second-order valence-electron chi connectivity index (χ2n) is 3.44. The van der Waals surface area contributed by atoms with Gasteiger partial charge in [-0.1, -0.05) is 0 Å². The molecule has 0 saturated carbocycles. The summed E-state index contributed by atoms with van der Waals surface area (Å²) in [4.78, 5) is 13.5. The van der Waals surface area contributed by atoms with Crippen LogP contribution < -0.4 is 11.3 Å². The Kier molecular flexibility index (Phi) is 2.54. The third-order valence-corrected chi connectivity index (χ3v) is 2.06. The van der Waals surface area contributed by atoms with Crippen LogP contribution in [-0.4, -0.2) is 16.7 Å². The van der Waals surface area contributed by atoms with E-state index in [1.54, 1.807) is 19.9 Å². The van der Waals surface area contributed by atoms with E-state index in [4.69, 9.17) is 10.8 Å². The summed E-state index contributed by atoms with van der Waals surface area (Å²) in [6.07, 6.45) is 0. The highest BCUT2D eigenvalue weighted by Gasteiger charge is 2.21. The normalized spacial score (nSPS) is 15.4. The van der Waals surface area contributed by atoms with Gasteiger partial charge >= 0.3 is 0 Å². The van der Waals surface area contributed by atoms with Crippen LogP contribution in [-0.2, 0) is 5.54 Å². The maximum Gasteiger partial charge on any atom is 0.248 e. The molecule has 4 N–H and O–H groups in total. The molecule has 0 aliphatic heterocycles. The van der Waals surface area contributed by atoms with Gasteiger partial charge in [-0.25, -0.2) is 0 Å². The number of hydrogen-bond donors (Lipinski definition) is 3. The standard InChI is InChI=1S/C9H14N2O2/c1-6-7(9(2,10)5-12)3-4-8(13)11-6/h3-4,12H,5,10H2,1-2H3,(H,11,13). The molecule has 4 heteroatoms. The fourth-order valence-corrected chi connectivity index (χ4v) is 1.28. The molecule has 1 atom stereocenters. The number of aromatic amines is 1. The number of pyridine rings is 1. The number of aryl methyl sites for hydroxylation is 1. The van der Waals surface area contributed by atoms with Gasteiger partial charge in [-0.15, -0.1) is 0 Å². The highest BCUT2D eigenvalue weighted by Crippen LogP contribution is 2.17. The van der Waals surface area contributed by atoms with E-state index in [0.717, 1.165) is 5.56 Å². The molecule has 0 bridgehead atoms. The van der Waals surface area contributed by atoms with Crippen LogP contribution in [0.25, 0.3) is 0 Å². The van der Waals surface area contributed by atoms with E-state index < -0.39 is 5.54 Å². The van der Waals surface area contributed by atoms with E-state index in [-0.39, 0.29) is 12.2 Å². The van der Waals surface area contributed by atoms with E-state index in [9.17, 15) is 4.79 Å². The van der Waals surface area contributed by atoms with Gasteiger partial charge in [0.05, 0.1) is 12.1 Å². The quantitative estimate of drug-likeness (QED) is 0.595. The van der Waals surface area contributed by atoms with Crippen molar-refractivity contribution >= 4 is 0 Å². The van der Waals surface area contributed by atoms with Gasteiger partial charge in [-0.2, -0.15) is 0 Å². The Morgan fingerprint density at radius 2 is 2.23 bits per heavy atom. The fraction of sp³-hybridized carbons (Fsp3) is 0.444. The van der Waals surface area contributed by atoms with Crippen molar-refractivity contribution in [2.24, 2.45) is 5.73 Å². The van der Waals surface area contributed by atoms with Gasteiger partial charge in [0.25, 0.3) is 0 Å². The molecule has 4 nitrogen and oxygen atoms in total. The Balaban J connectivity index is 3.23. The van der Waals surface area contributed by atoms with Crippen molar-refractivity contribution in [1.29, 1.82) is 0 Å². The zero-order valence-electron chi connectivity index (χ0n) is 7.79. The van der Waals surface area contributed by atoms with Crippen LogP contribution >= 0.6 is 0 Å². The fourth-order valence-electron chi connectivity index (χ4n) is 1.28. The second kappa shape index (κ2) is 3.32. The smallest absolute Gasteiger partial charge is 0.248 e. The topological polar surface area (TPSA) is 79.1 Å². The monoisotopic (exact) mass is 182 g/mol. The van der Waals surface area contributed by atoms with Crippen LogP contribution in [0.1, 0.15) is 18.2 Å². The van der Waals surface area contributed by atoms with Crippen molar-refractivity contribution in [3.05, 3.63) is 33.7 Å². The molecule has 1 aromatic rings. The Morgan fingerprint density at radius 1 is 1.62 bits per heavy atom. The molecule has 0 aliphatic rings.